The summed E-state index contributed by atoms with van der Waals surface area (Å²) in [6.45, 7) is 1.61. The van der Waals surface area contributed by atoms with E-state index in [9.17, 15) is 19.1 Å². The molecule has 3 heterocycles. The van der Waals surface area contributed by atoms with E-state index in [0.717, 1.165) is 11.1 Å². The average molecular weight is 559 g/mol. The highest BCUT2D eigenvalue weighted by atomic mass is 19.1. The van der Waals surface area contributed by atoms with Gasteiger partial charge in [0.2, 0.25) is 5.91 Å². The fraction of sp³-hybridized carbons (Fsp3) is 0.259. The van der Waals surface area contributed by atoms with E-state index in [1.807, 2.05) is 12.3 Å². The number of piperidine rings is 1. The largest absolute Gasteiger partial charge is 0.391 e. The van der Waals surface area contributed by atoms with Crippen molar-refractivity contribution >= 4 is 34.6 Å². The summed E-state index contributed by atoms with van der Waals surface area (Å²) >= 11 is 0. The number of fused-ring (bicyclic) bond motifs is 1. The van der Waals surface area contributed by atoms with E-state index in [2.05, 4.69) is 41.0 Å². The van der Waals surface area contributed by atoms with E-state index >= 15 is 0 Å². The number of anilines is 3. The minimum atomic E-state index is -0.732. The predicted octanol–water partition coefficient (Wildman–Crippen LogP) is 3.75. The van der Waals surface area contributed by atoms with Crippen LogP contribution in [0.4, 0.5) is 26.4 Å². The van der Waals surface area contributed by atoms with Crippen LogP contribution in [0.1, 0.15) is 17.5 Å². The Morgan fingerprint density at radius 1 is 1.12 bits per heavy atom. The lowest BCUT2D eigenvalue weighted by molar-refractivity contribution is -0.119. The first-order valence-corrected chi connectivity index (χ1v) is 12.9. The Balaban J connectivity index is 1.20. The standard InChI is InChI=1S/C27H27FN10O3/c28-19-3-1-17(2-4-19)13-24(40)34-27(41)33-21-7-5-20(6-8-21)32-26-25-18(9-12-38(25)31-16-30-26)14-37-11-10-22(35-36-29)23(39)15-37/h1-9,12,16,22-23,39H,10-11,13-15H2,(H,30,31,32)(H2,33,34,40,41)/t22-,23-/m1/s1. The number of azide groups is 1. The molecular weight excluding hydrogens is 531 g/mol. The van der Waals surface area contributed by atoms with E-state index in [-0.39, 0.29) is 6.42 Å². The lowest BCUT2D eigenvalue weighted by Crippen LogP contribution is -2.45. The first-order chi connectivity index (χ1) is 19.9. The lowest BCUT2D eigenvalue weighted by Gasteiger charge is -2.33. The van der Waals surface area contributed by atoms with Gasteiger partial charge in [-0.05, 0) is 72.1 Å². The number of carbonyl (C=O) groups is 2. The van der Waals surface area contributed by atoms with Crippen LogP contribution in [0.3, 0.4) is 0 Å². The number of nitrogens with zero attached hydrogens (tertiary/aromatic N) is 7. The quantitative estimate of drug-likeness (QED) is 0.145. The molecule has 0 spiro atoms. The molecule has 2 aromatic carbocycles. The number of hydrogen-bond donors (Lipinski definition) is 4. The number of amides is 3. The molecule has 0 bridgehead atoms. The molecule has 1 saturated heterocycles. The summed E-state index contributed by atoms with van der Waals surface area (Å²) in [5.74, 6) is -0.337. The van der Waals surface area contributed by atoms with E-state index in [0.29, 0.717) is 48.8 Å². The normalized spacial score (nSPS) is 17.0. The Morgan fingerprint density at radius 3 is 2.61 bits per heavy atom. The molecule has 41 heavy (non-hydrogen) atoms. The molecule has 0 radical (unpaired) electrons. The maximum absolute atomic E-state index is 13.0. The van der Waals surface area contributed by atoms with Crippen molar-refractivity contribution in [3.63, 3.8) is 0 Å². The van der Waals surface area contributed by atoms with Gasteiger partial charge < -0.3 is 15.7 Å². The van der Waals surface area contributed by atoms with Crippen LogP contribution in [0.25, 0.3) is 16.0 Å². The second-order valence-electron chi connectivity index (χ2n) is 9.61. The third-order valence-corrected chi connectivity index (χ3v) is 6.70. The summed E-state index contributed by atoms with van der Waals surface area (Å²) in [4.78, 5) is 33.7. The van der Waals surface area contributed by atoms with Crippen molar-refractivity contribution in [2.75, 3.05) is 23.7 Å². The van der Waals surface area contributed by atoms with Gasteiger partial charge in [-0.3, -0.25) is 15.0 Å². The molecule has 1 aliphatic rings. The molecule has 210 valence electrons. The van der Waals surface area contributed by atoms with Crippen molar-refractivity contribution in [1.29, 1.82) is 0 Å². The summed E-state index contributed by atoms with van der Waals surface area (Å²) in [5, 5.41) is 26.5. The van der Waals surface area contributed by atoms with Crippen LogP contribution in [-0.2, 0) is 17.8 Å². The number of β-amino-alcohol motifs (C(OH)–C–C–N with tert-alkyl or cyclic N) is 1. The summed E-state index contributed by atoms with van der Waals surface area (Å²) in [5.41, 5.74) is 12.2. The van der Waals surface area contributed by atoms with Crippen molar-refractivity contribution < 1.29 is 19.1 Å². The highest BCUT2D eigenvalue weighted by molar-refractivity contribution is 6.01. The molecule has 14 heteroatoms. The van der Waals surface area contributed by atoms with E-state index in [1.165, 1.54) is 30.6 Å². The minimum absolute atomic E-state index is 0.0553. The van der Waals surface area contributed by atoms with Gasteiger partial charge in [-0.2, -0.15) is 5.10 Å². The van der Waals surface area contributed by atoms with Gasteiger partial charge in [0.1, 0.15) is 17.7 Å². The van der Waals surface area contributed by atoms with Crippen LogP contribution in [0.2, 0.25) is 0 Å². The second kappa shape index (κ2) is 12.4. The average Bonchev–Trinajstić information content (AvgIpc) is 3.36. The first kappa shape index (κ1) is 27.5. The number of aliphatic hydroxyl groups excluding tert-OH is 1. The van der Waals surface area contributed by atoms with Gasteiger partial charge in [0.15, 0.2) is 5.82 Å². The number of urea groups is 1. The summed E-state index contributed by atoms with van der Waals surface area (Å²) in [6, 6.07) is 13.2. The third-order valence-electron chi connectivity index (χ3n) is 6.70. The van der Waals surface area contributed by atoms with Crippen LogP contribution in [0.5, 0.6) is 0 Å². The molecule has 0 aliphatic carbocycles. The van der Waals surface area contributed by atoms with Gasteiger partial charge in [-0.25, -0.2) is 18.7 Å². The molecule has 3 amide bonds. The molecular formula is C27H27FN10O3. The maximum Gasteiger partial charge on any atom is 0.325 e. The van der Waals surface area contributed by atoms with Crippen LogP contribution in [-0.4, -0.2) is 61.8 Å². The number of carbonyl (C=O) groups excluding carboxylic acids is 2. The lowest BCUT2D eigenvalue weighted by atomic mass is 10.0. The molecule has 2 aromatic heterocycles. The van der Waals surface area contributed by atoms with Crippen molar-refractivity contribution in [3.05, 3.63) is 94.5 Å². The molecule has 4 N–H and O–H groups in total. The van der Waals surface area contributed by atoms with Crippen molar-refractivity contribution in [3.8, 4) is 0 Å². The predicted molar refractivity (Wildman–Crippen MR) is 149 cm³/mol. The number of likely N-dealkylation sites (tertiary alicyclic amines) is 1. The summed E-state index contributed by atoms with van der Waals surface area (Å²) in [7, 11) is 0. The summed E-state index contributed by atoms with van der Waals surface area (Å²) in [6.07, 6.45) is 3.06. The Bertz CT molecular complexity index is 1590. The van der Waals surface area contributed by atoms with Gasteiger partial charge in [0, 0.05) is 35.6 Å². The fourth-order valence-electron chi connectivity index (χ4n) is 4.70. The maximum atomic E-state index is 13.0. The Morgan fingerprint density at radius 2 is 1.88 bits per heavy atom. The van der Waals surface area contributed by atoms with Gasteiger partial charge in [-0.1, -0.05) is 17.2 Å². The number of aromatic nitrogens is 3. The zero-order chi connectivity index (χ0) is 28.8. The molecule has 13 nitrogen and oxygen atoms in total. The highest BCUT2D eigenvalue weighted by Crippen LogP contribution is 2.26. The third kappa shape index (κ3) is 6.94. The Hall–Kier alpha value is -5.04. The van der Waals surface area contributed by atoms with Crippen LogP contribution >= 0.6 is 0 Å². The van der Waals surface area contributed by atoms with E-state index in [1.54, 1.807) is 28.8 Å². The molecule has 5 rings (SSSR count). The minimum Gasteiger partial charge on any atom is -0.391 e. The number of imide groups is 1. The molecule has 0 saturated carbocycles. The van der Waals surface area contributed by atoms with Gasteiger partial charge in [-0.15, -0.1) is 0 Å². The Kier molecular flexibility index (Phi) is 8.34. The van der Waals surface area contributed by atoms with Crippen molar-refractivity contribution in [1.82, 2.24) is 24.8 Å². The number of nitrogens with one attached hydrogen (secondary N) is 3. The van der Waals surface area contributed by atoms with Gasteiger partial charge >= 0.3 is 6.03 Å². The van der Waals surface area contributed by atoms with Crippen LogP contribution in [0.15, 0.2) is 72.2 Å². The smallest absolute Gasteiger partial charge is 0.325 e. The van der Waals surface area contributed by atoms with E-state index < -0.39 is 29.9 Å². The Labute approximate surface area is 233 Å². The molecule has 0 unspecified atom stereocenters. The SMILES string of the molecule is [N-]=[N+]=N[C@@H]1CCN(Cc2ccn3ncnc(Nc4ccc(NC(=O)NC(=O)Cc5ccc(F)cc5)cc4)c23)C[C@H]1O. The molecule has 4 aromatic rings. The zero-order valence-corrected chi connectivity index (χ0v) is 21.8. The number of rotatable bonds is 8. The van der Waals surface area contributed by atoms with Crippen LogP contribution < -0.4 is 16.0 Å². The van der Waals surface area contributed by atoms with Crippen molar-refractivity contribution in [2.24, 2.45) is 5.11 Å². The number of benzene rings is 2. The topological polar surface area (TPSA) is 173 Å². The van der Waals surface area contributed by atoms with Crippen molar-refractivity contribution in [2.45, 2.75) is 31.5 Å². The zero-order valence-electron chi connectivity index (χ0n) is 21.8. The summed E-state index contributed by atoms with van der Waals surface area (Å²) < 4.78 is 14.8. The second-order valence-corrected chi connectivity index (χ2v) is 9.61. The van der Waals surface area contributed by atoms with Gasteiger partial charge in [0.05, 0.1) is 18.6 Å². The first-order valence-electron chi connectivity index (χ1n) is 12.9. The molecule has 2 atom stereocenters. The van der Waals surface area contributed by atoms with E-state index in [4.69, 9.17) is 5.53 Å². The van der Waals surface area contributed by atoms with Gasteiger partial charge in [0.25, 0.3) is 0 Å². The highest BCUT2D eigenvalue weighted by Gasteiger charge is 2.27. The number of hydrogen-bond acceptors (Lipinski definition) is 8. The number of aliphatic hydroxyl groups is 1. The van der Waals surface area contributed by atoms with Crippen LogP contribution in [0, 0.1) is 5.82 Å². The monoisotopic (exact) mass is 558 g/mol. The molecule has 1 aliphatic heterocycles. The number of halogens is 1. The molecule has 1 fully saturated rings. The fourth-order valence-corrected chi connectivity index (χ4v) is 4.70.